The van der Waals surface area contributed by atoms with E-state index >= 15 is 0 Å². The van der Waals surface area contributed by atoms with E-state index in [0.717, 1.165) is 197 Å². The Morgan fingerprint density at radius 1 is 0.418 bits per heavy atom. The number of nitrogens with one attached hydrogen (secondary N) is 9. The molecule has 4 saturated carbocycles. The van der Waals surface area contributed by atoms with Crippen LogP contribution in [0.25, 0.3) is 0 Å². The molecule has 4 aliphatic carbocycles. The first-order valence-electron chi connectivity index (χ1n) is 60.0. The van der Waals surface area contributed by atoms with E-state index in [9.17, 15) is 9.18 Å². The summed E-state index contributed by atoms with van der Waals surface area (Å²) in [6, 6.07) is 9.90. The molecule has 12 saturated heterocycles. The van der Waals surface area contributed by atoms with E-state index in [1.165, 1.54) is 219 Å². The van der Waals surface area contributed by atoms with Crippen LogP contribution in [0.15, 0.2) is 0 Å². The van der Waals surface area contributed by atoms with Crippen LogP contribution in [-0.4, -0.2) is 384 Å². The van der Waals surface area contributed by atoms with Gasteiger partial charge in [-0.05, 0) is 425 Å². The van der Waals surface area contributed by atoms with E-state index in [-0.39, 0.29) is 68.5 Å². The molecule has 12 aliphatic heterocycles. The number of morpholine rings is 1. The number of hydrogen-bond acceptors (Lipinski definition) is 24. The Kier molecular flexibility index (Phi) is 54.2. The number of rotatable bonds is 23. The lowest BCUT2D eigenvalue weighted by atomic mass is 9.77. The summed E-state index contributed by atoms with van der Waals surface area (Å²) in [4.78, 5) is 31.0. The van der Waals surface area contributed by atoms with Crippen molar-refractivity contribution in [2.75, 3.05) is 211 Å². The summed E-state index contributed by atoms with van der Waals surface area (Å²) in [5.74, 6) is 4.52. The number of carbonyl (C=O) groups is 1. The average Bonchev–Trinajstić information content (AvgIpc) is 1.57. The van der Waals surface area contributed by atoms with Crippen LogP contribution >= 0.6 is 0 Å². The Balaban J connectivity index is 0.000000201. The zero-order valence-electron chi connectivity index (χ0n) is 101. The molecule has 16 aliphatic rings. The summed E-state index contributed by atoms with van der Waals surface area (Å²) in [7, 11) is 3.86. The normalized spacial score (nSPS) is 29.7. The summed E-state index contributed by atoms with van der Waals surface area (Å²) in [5, 5.41) is 41.7. The van der Waals surface area contributed by atoms with Crippen LogP contribution in [0.2, 0.25) is 0 Å². The van der Waals surface area contributed by atoms with E-state index in [4.69, 9.17) is 33.7 Å². The molecule has 0 radical (unpaired) electrons. The van der Waals surface area contributed by atoms with Gasteiger partial charge in [0.1, 0.15) is 0 Å². The Labute approximate surface area is 898 Å². The number of nitriles is 1. The first-order valence-corrected chi connectivity index (χ1v) is 60.0. The minimum atomic E-state index is -0.234. The van der Waals surface area contributed by atoms with Crippen molar-refractivity contribution in [3.63, 3.8) is 0 Å². The van der Waals surface area contributed by atoms with E-state index < -0.39 is 0 Å². The van der Waals surface area contributed by atoms with Crippen molar-refractivity contribution in [1.82, 2.24) is 87.1 Å². The second-order valence-corrected chi connectivity index (χ2v) is 57.9. The van der Waals surface area contributed by atoms with Crippen LogP contribution in [0, 0.1) is 46.8 Å². The Morgan fingerprint density at radius 3 is 1.35 bits per heavy atom. The topological polar surface area (TPSA) is 230 Å². The number of carbonyl (C=O) groups excluding carboxylic acids is 1. The number of piperidine rings is 1. The molecule has 0 bridgehead atoms. The molecular weight excluding hydrogens is 1820 g/mol. The fourth-order valence-corrected chi connectivity index (χ4v) is 25.4. The Bertz CT molecular complexity index is 3440. The Hall–Kier alpha value is -1.99. The summed E-state index contributed by atoms with van der Waals surface area (Å²) in [6.45, 7) is 93.2. The summed E-state index contributed by atoms with van der Waals surface area (Å²) in [6.07, 6.45) is 39.2. The monoisotopic (exact) mass is 2060 g/mol. The molecule has 0 aromatic rings. The smallest absolute Gasteiger partial charge is 0.236 e. The summed E-state index contributed by atoms with van der Waals surface area (Å²) in [5.41, 5.74) is 2.08. The number of amides is 1. The lowest BCUT2D eigenvalue weighted by Gasteiger charge is -2.44. The molecule has 0 spiro atoms. The van der Waals surface area contributed by atoms with Crippen LogP contribution < -0.4 is 47.9 Å². The van der Waals surface area contributed by atoms with Crippen LogP contribution in [0.5, 0.6) is 0 Å². The molecule has 9 N–H and O–H groups in total. The molecule has 0 aromatic carbocycles. The zero-order valence-corrected chi connectivity index (χ0v) is 101. The zero-order chi connectivity index (χ0) is 108. The fourth-order valence-electron chi connectivity index (χ4n) is 25.4. The van der Waals surface area contributed by atoms with Gasteiger partial charge in [-0.1, -0.05) is 32.1 Å². The van der Waals surface area contributed by atoms with Crippen molar-refractivity contribution in [1.29, 1.82) is 5.26 Å². The van der Waals surface area contributed by atoms with Gasteiger partial charge < -0.3 is 91.0 Å². The molecule has 12 heterocycles. The van der Waals surface area contributed by atoms with Crippen molar-refractivity contribution >= 4 is 5.91 Å². The molecular formula is C120H237FN18O7. The average molecular weight is 2060 g/mol. The number of likely N-dealkylation sites (N-methyl/N-ethyl adjacent to an activating group) is 1. The van der Waals surface area contributed by atoms with Gasteiger partial charge in [0.05, 0.1) is 76.1 Å². The molecule has 1 unspecified atom stereocenters. The van der Waals surface area contributed by atoms with Crippen LogP contribution in [-0.2, 0) is 33.2 Å². The van der Waals surface area contributed by atoms with Gasteiger partial charge in [-0.3, -0.25) is 33.7 Å². The van der Waals surface area contributed by atoms with Gasteiger partial charge in [0, 0.05) is 234 Å². The largest absolute Gasteiger partial charge is 0.381 e. The summed E-state index contributed by atoms with van der Waals surface area (Å²) < 4.78 is 46.2. The van der Waals surface area contributed by atoms with E-state index in [1.54, 1.807) is 6.42 Å². The highest BCUT2D eigenvalue weighted by Gasteiger charge is 2.46. The van der Waals surface area contributed by atoms with Gasteiger partial charge in [-0.25, -0.2) is 0 Å². The molecule has 25 nitrogen and oxygen atoms in total. The number of likely N-dealkylation sites (tertiary alicyclic amines) is 6. The minimum Gasteiger partial charge on any atom is -0.381 e. The molecule has 16 rings (SSSR count). The Morgan fingerprint density at radius 2 is 0.863 bits per heavy atom. The maximum absolute atomic E-state index is 13.0. The van der Waals surface area contributed by atoms with Crippen molar-refractivity contribution in [3.05, 3.63) is 0 Å². The third-order valence-corrected chi connectivity index (χ3v) is 32.3. The quantitative estimate of drug-likeness (QED) is 0.0433. The lowest BCUT2D eigenvalue weighted by molar-refractivity contribution is -0.130. The molecule has 1 amide bonds. The standard InChI is InChI=1S/C15H30N2O.C15H30N2.2C14H28N2O.C14H27N.C13H24FNO2.C13H26N2O.C12H25N3O.C10H19N3/c1-14(2,3)16-12-6-8-17(11-12)13-7-9-18-15(4,5)10-13;1-15(2,3)16-13-9-11-17(12-10-13)14-7-5-4-6-8-14;1-14(2,3)15-10-12-4-7-16(11-12)13-5-8-17-9-6-13;1-14(2,3)15-12-4-6-13(7-5-12)16-8-10-17-11-9-16;1-14(2,3)15-13-8-6-12(7-9-13)10-11-4-5-11;1-13(2,3)17-7-11-6-15(5-10(11)4-14)12-8-16-9-12;1-12(2,3)15-13(6-7-14-10-13)11-4-8-16-9-5-11;1-12(2,3)13-10-6-7-15(8-10)11(16)9-14(4)5;1-10(2,3)12-9-4-6-13(8-9)7-5-11/h12-13,16H,6-11H2,1-5H3;13-14,16H,4-12H2,1-3H3;2*12-13,15H,4-11H2,1-3H3;11-13,15H,4-10H2,1-3H3;10-12H,4-9H2,1-3H3;11,14-15H,4-10H2,1-3H3;10,13H,6-9H2,1-5H3;9,12H,4,6-8H2,1-3H3/t12-,13?;;12-;;;10-,11+;13-;10-;9-/m1.1..0011/s1. The van der Waals surface area contributed by atoms with E-state index in [2.05, 4.69) is 263 Å². The van der Waals surface area contributed by atoms with Crippen LogP contribution in [0.3, 0.4) is 0 Å². The molecule has 146 heavy (non-hydrogen) atoms. The first kappa shape index (κ1) is 129. The highest BCUT2D eigenvalue weighted by Crippen LogP contribution is 2.42. The van der Waals surface area contributed by atoms with Crippen LogP contribution in [0.4, 0.5) is 4.39 Å². The number of halogens is 1. The lowest BCUT2D eigenvalue weighted by Crippen LogP contribution is -2.60. The third kappa shape index (κ3) is 53.8. The first-order chi connectivity index (χ1) is 68.2. The van der Waals surface area contributed by atoms with Gasteiger partial charge in [0.2, 0.25) is 5.91 Å². The molecule has 856 valence electrons. The number of hydrogen-bond donors (Lipinski definition) is 9. The predicted octanol–water partition coefficient (Wildman–Crippen LogP) is 18.0. The number of alkyl halides is 1. The maximum Gasteiger partial charge on any atom is 0.236 e. The van der Waals surface area contributed by atoms with Gasteiger partial charge in [-0.15, -0.1) is 0 Å². The third-order valence-electron chi connectivity index (χ3n) is 32.3. The van der Waals surface area contributed by atoms with E-state index in [1.807, 2.05) is 44.7 Å². The molecule has 8 atom stereocenters. The number of ether oxygens (including phenoxy) is 6. The highest BCUT2D eigenvalue weighted by molar-refractivity contribution is 5.78. The fraction of sp³-hybridized carbons (Fsp3) is 0.983. The highest BCUT2D eigenvalue weighted by atomic mass is 19.1. The SMILES string of the molecule is CC(C)(C)NC1CCC(CC2CC2)CC1.CC(C)(C)NC1CCC(N2CCOCC2)CC1.CC(C)(C)NC1CCN(C2CCCCC2)CC1.CC(C)(C)NC[C@H]1CCN(C2CCOCC2)C1.CC(C)(C)N[C@@H]1CCN(C2CCOC(C)(C)C2)C1.CC(C)(C)N[C@@H]1CCN(CC#N)C1.CC(C)(C)N[C@@]1(C2CCOCC2)CCNC1.CC(C)(C)OC[C@H]1CN(C2COC2)C[C@@H]1CF.CN(C)CC(=O)N1CC[C@@H](NC(C)(C)C)C1. The molecule has 0 aromatic heterocycles. The van der Waals surface area contributed by atoms with Crippen molar-refractivity contribution in [2.24, 2.45) is 35.5 Å². The van der Waals surface area contributed by atoms with Crippen molar-refractivity contribution in [2.45, 2.75) is 515 Å². The van der Waals surface area contributed by atoms with Crippen LogP contribution in [0.1, 0.15) is 387 Å². The number of nitrogens with zero attached hydrogens (tertiary/aromatic N) is 9. The van der Waals surface area contributed by atoms with Gasteiger partial charge in [0.15, 0.2) is 0 Å². The maximum atomic E-state index is 13.0. The minimum absolute atomic E-state index is 0.0679. The molecule has 16 fully saturated rings. The van der Waals surface area contributed by atoms with E-state index in [0.29, 0.717) is 60.9 Å². The summed E-state index contributed by atoms with van der Waals surface area (Å²) >= 11 is 0. The predicted molar refractivity (Wildman–Crippen MR) is 610 cm³/mol. The second kappa shape index (κ2) is 61.2. The van der Waals surface area contributed by atoms with Crippen molar-refractivity contribution in [3.8, 4) is 6.07 Å². The second-order valence-electron chi connectivity index (χ2n) is 57.9. The van der Waals surface area contributed by atoms with Crippen molar-refractivity contribution < 1.29 is 37.6 Å². The van der Waals surface area contributed by atoms with Gasteiger partial charge in [0.25, 0.3) is 0 Å². The van der Waals surface area contributed by atoms with Gasteiger partial charge >= 0.3 is 0 Å². The molecule has 26 heteroatoms. The van der Waals surface area contributed by atoms with Gasteiger partial charge in [-0.2, -0.15) is 5.26 Å².